The summed E-state index contributed by atoms with van der Waals surface area (Å²) in [7, 11) is 1.62. The van der Waals surface area contributed by atoms with Gasteiger partial charge in [-0.25, -0.2) is 15.2 Å². The van der Waals surface area contributed by atoms with Crippen LogP contribution in [0.3, 0.4) is 0 Å². The third kappa shape index (κ3) is 4.67. The lowest BCUT2D eigenvalue weighted by Gasteiger charge is -2.39. The highest BCUT2D eigenvalue weighted by Gasteiger charge is 2.51. The van der Waals surface area contributed by atoms with Crippen molar-refractivity contribution in [3.05, 3.63) is 47.7 Å². The molecule has 0 saturated carbocycles. The van der Waals surface area contributed by atoms with Crippen molar-refractivity contribution in [1.29, 1.82) is 0 Å². The van der Waals surface area contributed by atoms with Gasteiger partial charge in [0, 0.05) is 16.9 Å². The van der Waals surface area contributed by atoms with E-state index in [-0.39, 0.29) is 19.1 Å². The molecule has 1 amide bonds. The Kier molecular flexibility index (Phi) is 8.36. The second kappa shape index (κ2) is 11.2. The number of nitrogens with one attached hydrogen (secondary N) is 2. The SMILES string of the molecule is CC.CC.CNNCC(=O)OC1C(=O)OCC2C(=O)N3Cc4cc5ccccc5nc4C3=CC21. The van der Waals surface area contributed by atoms with Crippen molar-refractivity contribution in [2.24, 2.45) is 11.8 Å². The zero-order valence-electron chi connectivity index (χ0n) is 20.3. The Bertz CT molecular complexity index is 1100. The topological polar surface area (TPSA) is 110 Å². The maximum atomic E-state index is 13.2. The van der Waals surface area contributed by atoms with E-state index in [0.717, 1.165) is 22.2 Å². The van der Waals surface area contributed by atoms with Gasteiger partial charge in [-0.1, -0.05) is 52.0 Å². The minimum Gasteiger partial charge on any atom is -0.462 e. The monoisotopic (exact) mass is 468 g/mol. The quantitative estimate of drug-likeness (QED) is 0.520. The molecule has 0 spiro atoms. The van der Waals surface area contributed by atoms with Gasteiger partial charge in [0.1, 0.15) is 13.2 Å². The number of esters is 2. The Hall–Kier alpha value is -3.30. The predicted molar refractivity (Wildman–Crippen MR) is 128 cm³/mol. The van der Waals surface area contributed by atoms with Crippen molar-refractivity contribution >= 4 is 34.4 Å². The number of ether oxygens (including phenoxy) is 2. The van der Waals surface area contributed by atoms with E-state index in [4.69, 9.17) is 14.5 Å². The van der Waals surface area contributed by atoms with E-state index in [2.05, 4.69) is 10.9 Å². The average molecular weight is 469 g/mol. The van der Waals surface area contributed by atoms with Crippen LogP contribution in [0.25, 0.3) is 16.6 Å². The second-order valence-corrected chi connectivity index (χ2v) is 7.49. The summed E-state index contributed by atoms with van der Waals surface area (Å²) in [6.45, 7) is 8.27. The van der Waals surface area contributed by atoms with Crippen LogP contribution in [0.1, 0.15) is 39.0 Å². The minimum atomic E-state index is -1.17. The lowest BCUT2D eigenvalue weighted by atomic mass is 9.81. The van der Waals surface area contributed by atoms with Gasteiger partial charge in [0.05, 0.1) is 29.4 Å². The van der Waals surface area contributed by atoms with Crippen molar-refractivity contribution in [3.63, 3.8) is 0 Å². The van der Waals surface area contributed by atoms with Gasteiger partial charge in [0.25, 0.3) is 0 Å². The van der Waals surface area contributed by atoms with Crippen LogP contribution in [0.2, 0.25) is 0 Å². The maximum Gasteiger partial charge on any atom is 0.348 e. The van der Waals surface area contributed by atoms with Gasteiger partial charge in [0.15, 0.2) is 0 Å². The third-order valence-corrected chi connectivity index (χ3v) is 5.72. The van der Waals surface area contributed by atoms with Gasteiger partial charge >= 0.3 is 11.9 Å². The zero-order chi connectivity index (χ0) is 24.8. The molecule has 9 heteroatoms. The molecule has 34 heavy (non-hydrogen) atoms. The first-order valence-electron chi connectivity index (χ1n) is 11.7. The average Bonchev–Trinajstić information content (AvgIpc) is 3.23. The number of hydrogen-bond acceptors (Lipinski definition) is 8. The smallest absolute Gasteiger partial charge is 0.348 e. The van der Waals surface area contributed by atoms with Crippen molar-refractivity contribution in [1.82, 2.24) is 20.7 Å². The Morgan fingerprint density at radius 1 is 1.21 bits per heavy atom. The summed E-state index contributed by atoms with van der Waals surface area (Å²) in [5.74, 6) is -2.59. The molecule has 1 saturated heterocycles. The van der Waals surface area contributed by atoms with Crippen LogP contribution in [0, 0.1) is 11.8 Å². The van der Waals surface area contributed by atoms with E-state index in [1.807, 2.05) is 64.1 Å². The number of para-hydroxylation sites is 1. The predicted octanol–water partition coefficient (Wildman–Crippen LogP) is 2.41. The van der Waals surface area contributed by atoms with Gasteiger partial charge in [-0.3, -0.25) is 15.0 Å². The number of aromatic nitrogens is 1. The number of cyclic esters (lactones) is 1. The maximum absolute atomic E-state index is 13.2. The van der Waals surface area contributed by atoms with Crippen LogP contribution in [-0.4, -0.2) is 54.0 Å². The van der Waals surface area contributed by atoms with E-state index < -0.39 is 29.9 Å². The molecule has 3 aliphatic heterocycles. The molecule has 2 N–H and O–H groups in total. The number of hydrogen-bond donors (Lipinski definition) is 2. The van der Waals surface area contributed by atoms with E-state index in [0.29, 0.717) is 12.2 Å². The molecule has 2 aromatic rings. The van der Waals surface area contributed by atoms with Crippen molar-refractivity contribution in [2.45, 2.75) is 40.3 Å². The number of benzene rings is 1. The molecule has 0 radical (unpaired) electrons. The normalized spacial score (nSPS) is 22.1. The Labute approximate surface area is 199 Å². The number of amides is 1. The lowest BCUT2D eigenvalue weighted by Crippen LogP contribution is -2.53. The fraction of sp³-hybridized carbons (Fsp3) is 0.440. The molecule has 9 nitrogen and oxygen atoms in total. The number of carbonyl (C=O) groups excluding carboxylic acids is 3. The van der Waals surface area contributed by atoms with E-state index >= 15 is 0 Å². The summed E-state index contributed by atoms with van der Waals surface area (Å²) in [5.41, 5.74) is 8.40. The molecule has 3 atom stereocenters. The summed E-state index contributed by atoms with van der Waals surface area (Å²) in [6.07, 6.45) is 0.668. The van der Waals surface area contributed by atoms with Crippen LogP contribution in [0.5, 0.6) is 0 Å². The van der Waals surface area contributed by atoms with Crippen LogP contribution < -0.4 is 10.9 Å². The van der Waals surface area contributed by atoms with Crippen LogP contribution in [0.4, 0.5) is 0 Å². The number of nitrogens with zero attached hydrogens (tertiary/aromatic N) is 2. The first-order chi connectivity index (χ1) is 16.6. The molecule has 3 unspecified atom stereocenters. The Morgan fingerprint density at radius 3 is 2.68 bits per heavy atom. The first kappa shape index (κ1) is 25.3. The summed E-state index contributed by atoms with van der Waals surface area (Å²) in [4.78, 5) is 44.1. The standard InChI is InChI=1S/C21H20N4O5.2C2H6/c1-22-23-8-17(26)30-19-13-7-16-18-12(6-11-4-2-3-5-15(11)24-18)9-25(16)20(27)14(13)10-29-21(19)28;2*1-2/h2-7,13-14,19,22-23H,8-10H2,1H3;2*1-2H3. The molecule has 0 bridgehead atoms. The molecule has 1 aromatic carbocycles. The molecule has 3 aliphatic rings. The van der Waals surface area contributed by atoms with E-state index in [1.54, 1.807) is 11.9 Å². The Morgan fingerprint density at radius 2 is 1.94 bits per heavy atom. The third-order valence-electron chi connectivity index (χ3n) is 5.72. The highest BCUT2D eigenvalue weighted by Crippen LogP contribution is 2.43. The lowest BCUT2D eigenvalue weighted by molar-refractivity contribution is -0.183. The highest BCUT2D eigenvalue weighted by atomic mass is 16.6. The minimum absolute atomic E-state index is 0.0306. The largest absolute Gasteiger partial charge is 0.462 e. The fourth-order valence-corrected chi connectivity index (χ4v) is 4.28. The van der Waals surface area contributed by atoms with E-state index in [1.165, 1.54) is 0 Å². The molecular formula is C25H32N4O5. The van der Waals surface area contributed by atoms with Crippen LogP contribution >= 0.6 is 0 Å². The van der Waals surface area contributed by atoms with Crippen molar-refractivity contribution in [3.8, 4) is 0 Å². The molecule has 1 aromatic heterocycles. The molecule has 5 rings (SSSR count). The van der Waals surface area contributed by atoms with Gasteiger partial charge in [0.2, 0.25) is 12.0 Å². The summed E-state index contributed by atoms with van der Waals surface area (Å²) in [5, 5.41) is 1.00. The summed E-state index contributed by atoms with van der Waals surface area (Å²) < 4.78 is 10.6. The fourth-order valence-electron chi connectivity index (χ4n) is 4.28. The summed E-state index contributed by atoms with van der Waals surface area (Å²) >= 11 is 0. The number of fused-ring (bicyclic) bond motifs is 5. The molecule has 1 fully saturated rings. The molecule has 4 heterocycles. The second-order valence-electron chi connectivity index (χ2n) is 7.49. The van der Waals surface area contributed by atoms with E-state index in [9.17, 15) is 14.4 Å². The molecular weight excluding hydrogens is 436 g/mol. The van der Waals surface area contributed by atoms with Gasteiger partial charge in [-0.15, -0.1) is 0 Å². The number of pyridine rings is 1. The van der Waals surface area contributed by atoms with Crippen LogP contribution in [0.15, 0.2) is 36.4 Å². The molecule has 182 valence electrons. The zero-order valence-corrected chi connectivity index (χ0v) is 20.3. The Balaban J connectivity index is 0.000000771. The van der Waals surface area contributed by atoms with Gasteiger partial charge in [-0.2, -0.15) is 0 Å². The first-order valence-corrected chi connectivity index (χ1v) is 11.7. The van der Waals surface area contributed by atoms with Gasteiger partial charge in [-0.05, 0) is 19.2 Å². The number of rotatable bonds is 4. The molecule has 0 aliphatic carbocycles. The van der Waals surface area contributed by atoms with Gasteiger partial charge < -0.3 is 14.4 Å². The highest BCUT2D eigenvalue weighted by molar-refractivity contribution is 5.96. The number of hydrazine groups is 1. The van der Waals surface area contributed by atoms with Crippen molar-refractivity contribution in [2.75, 3.05) is 20.2 Å². The number of carbonyl (C=O) groups is 3. The van der Waals surface area contributed by atoms with Crippen LogP contribution in [-0.2, 0) is 30.4 Å². The summed E-state index contributed by atoms with van der Waals surface area (Å²) in [6, 6.07) is 9.80. The van der Waals surface area contributed by atoms with Crippen molar-refractivity contribution < 1.29 is 23.9 Å².